The minimum Gasteiger partial charge on any atom is -0.310 e. The third-order valence-corrected chi connectivity index (χ3v) is 1.40. The fourth-order valence-corrected chi connectivity index (χ4v) is 0.631. The Balaban J connectivity index is 3.24. The lowest BCUT2D eigenvalue weighted by Crippen LogP contribution is -1.89. The lowest BCUT2D eigenvalue weighted by molar-refractivity contribution is 0.897. The van der Waals surface area contributed by atoms with E-state index in [9.17, 15) is 0 Å². The van der Waals surface area contributed by atoms with Crippen LogP contribution in [0.3, 0.4) is 0 Å². The molecule has 0 aliphatic carbocycles. The molecule has 0 saturated heterocycles. The van der Waals surface area contributed by atoms with E-state index < -0.39 is 0 Å². The van der Waals surface area contributed by atoms with Gasteiger partial charge in [-0.15, -0.1) is 0 Å². The van der Waals surface area contributed by atoms with Crippen molar-refractivity contribution in [1.29, 1.82) is 5.26 Å². The third-order valence-electron chi connectivity index (χ3n) is 1.05. The molecule has 0 aliphatic heterocycles. The zero-order valence-electron chi connectivity index (χ0n) is 4.80. The van der Waals surface area contributed by atoms with E-state index in [1.165, 1.54) is 10.8 Å². The normalized spacial score (nSPS) is 9.00. The first-order chi connectivity index (χ1) is 4.25. The molecule has 0 bridgehead atoms. The highest BCUT2D eigenvalue weighted by atomic mass is 35.5. The van der Waals surface area contributed by atoms with Crippen molar-refractivity contribution in [3.05, 3.63) is 17.2 Å². The Morgan fingerprint density at radius 1 is 1.89 bits per heavy atom. The van der Waals surface area contributed by atoms with Crippen LogP contribution in [0, 0.1) is 11.3 Å². The summed E-state index contributed by atoms with van der Waals surface area (Å²) >= 11 is 5.51. The Bertz CT molecular complexity index is 258. The van der Waals surface area contributed by atoms with Gasteiger partial charge >= 0.3 is 0 Å². The van der Waals surface area contributed by atoms with Crippen LogP contribution < -0.4 is 0 Å². The lowest BCUT2D eigenvalue weighted by atomic mass is 10.5. The fourth-order valence-electron chi connectivity index (χ4n) is 0.491. The van der Waals surface area contributed by atoms with Gasteiger partial charge in [-0.2, -0.15) is 5.26 Å². The first kappa shape index (κ1) is 6.12. The fraction of sp³-hybridized carbons (Fsp3) is 0.200. The summed E-state index contributed by atoms with van der Waals surface area (Å²) in [5, 5.41) is 8.70. The standard InChI is InChI=1S/C5H4ClN3/c1-9-4(2-7)3-8-5(9)6/h3H,1H3. The molecule has 1 aromatic rings. The number of nitriles is 1. The molecular weight excluding hydrogens is 138 g/mol. The molecule has 9 heavy (non-hydrogen) atoms. The van der Waals surface area contributed by atoms with Gasteiger partial charge in [0.05, 0.1) is 6.20 Å². The number of nitrogens with zero attached hydrogens (tertiary/aromatic N) is 3. The van der Waals surface area contributed by atoms with Crippen molar-refractivity contribution in [2.24, 2.45) is 7.05 Å². The number of aromatic nitrogens is 2. The van der Waals surface area contributed by atoms with Crippen molar-refractivity contribution in [2.45, 2.75) is 0 Å². The molecule has 0 amide bonds. The van der Waals surface area contributed by atoms with E-state index >= 15 is 0 Å². The van der Waals surface area contributed by atoms with E-state index in [2.05, 4.69) is 4.98 Å². The Labute approximate surface area is 57.5 Å². The van der Waals surface area contributed by atoms with E-state index in [-0.39, 0.29) is 0 Å². The van der Waals surface area contributed by atoms with Gasteiger partial charge in [0.2, 0.25) is 5.28 Å². The molecule has 4 heteroatoms. The van der Waals surface area contributed by atoms with Crippen molar-refractivity contribution in [3.63, 3.8) is 0 Å². The SMILES string of the molecule is Cn1c(C#N)cnc1Cl. The van der Waals surface area contributed by atoms with Gasteiger partial charge in [0.1, 0.15) is 11.8 Å². The first-order valence-corrected chi connectivity index (χ1v) is 2.71. The molecule has 0 unspecified atom stereocenters. The highest BCUT2D eigenvalue weighted by molar-refractivity contribution is 6.28. The summed E-state index contributed by atoms with van der Waals surface area (Å²) < 4.78 is 1.52. The number of imidazole rings is 1. The second-order valence-electron chi connectivity index (χ2n) is 1.58. The van der Waals surface area contributed by atoms with Crippen LogP contribution in [0.1, 0.15) is 5.69 Å². The maximum Gasteiger partial charge on any atom is 0.203 e. The van der Waals surface area contributed by atoms with E-state index in [0.717, 1.165) is 0 Å². The summed E-state index contributed by atoms with van der Waals surface area (Å²) in [7, 11) is 1.69. The molecule has 0 atom stereocenters. The van der Waals surface area contributed by atoms with Crippen molar-refractivity contribution >= 4 is 11.6 Å². The molecule has 0 saturated carbocycles. The number of halogens is 1. The van der Waals surface area contributed by atoms with Gasteiger partial charge in [0, 0.05) is 7.05 Å². The molecule has 1 heterocycles. The van der Waals surface area contributed by atoms with Crippen LogP contribution in [0.4, 0.5) is 0 Å². The molecule has 0 aliphatic rings. The number of rotatable bonds is 0. The van der Waals surface area contributed by atoms with Crippen LogP contribution in [0.25, 0.3) is 0 Å². The van der Waals surface area contributed by atoms with Crippen LogP contribution in [0.15, 0.2) is 6.20 Å². The Kier molecular flexibility index (Phi) is 1.41. The maximum absolute atomic E-state index is 8.36. The summed E-state index contributed by atoms with van der Waals surface area (Å²) in [6.45, 7) is 0. The highest BCUT2D eigenvalue weighted by Gasteiger charge is 1.99. The summed E-state index contributed by atoms with van der Waals surface area (Å²) in [5.41, 5.74) is 0.472. The van der Waals surface area contributed by atoms with Crippen molar-refractivity contribution < 1.29 is 0 Å². The second-order valence-corrected chi connectivity index (χ2v) is 1.92. The molecule has 0 fully saturated rings. The first-order valence-electron chi connectivity index (χ1n) is 2.33. The van der Waals surface area contributed by atoms with Crippen LogP contribution in [-0.4, -0.2) is 9.55 Å². The molecular formula is C5H4ClN3. The molecule has 46 valence electrons. The van der Waals surface area contributed by atoms with Crippen LogP contribution in [0.2, 0.25) is 5.28 Å². The van der Waals surface area contributed by atoms with E-state index in [1.807, 2.05) is 6.07 Å². The van der Waals surface area contributed by atoms with Crippen molar-refractivity contribution in [1.82, 2.24) is 9.55 Å². The number of hydrogen-bond acceptors (Lipinski definition) is 2. The third kappa shape index (κ3) is 0.889. The van der Waals surface area contributed by atoms with Gasteiger partial charge in [-0.25, -0.2) is 4.98 Å². The second kappa shape index (κ2) is 2.08. The smallest absolute Gasteiger partial charge is 0.203 e. The van der Waals surface area contributed by atoms with Crippen molar-refractivity contribution in [3.8, 4) is 6.07 Å². The predicted molar refractivity (Wildman–Crippen MR) is 32.9 cm³/mol. The summed E-state index contributed by atoms with van der Waals surface area (Å²) in [5.74, 6) is 0. The van der Waals surface area contributed by atoms with Crippen LogP contribution in [0.5, 0.6) is 0 Å². The zero-order valence-corrected chi connectivity index (χ0v) is 5.55. The minimum absolute atomic E-state index is 0.339. The topological polar surface area (TPSA) is 41.6 Å². The summed E-state index contributed by atoms with van der Waals surface area (Å²) in [4.78, 5) is 3.69. The molecule has 1 rings (SSSR count). The van der Waals surface area contributed by atoms with E-state index in [4.69, 9.17) is 16.9 Å². The van der Waals surface area contributed by atoms with E-state index in [1.54, 1.807) is 7.05 Å². The van der Waals surface area contributed by atoms with E-state index in [0.29, 0.717) is 11.0 Å². The molecule has 3 nitrogen and oxygen atoms in total. The Hall–Kier alpha value is -1.01. The Morgan fingerprint density at radius 2 is 2.56 bits per heavy atom. The minimum atomic E-state index is 0.339. The van der Waals surface area contributed by atoms with Gasteiger partial charge in [0.25, 0.3) is 0 Å². The van der Waals surface area contributed by atoms with Gasteiger partial charge in [-0.3, -0.25) is 0 Å². The highest BCUT2D eigenvalue weighted by Crippen LogP contribution is 2.05. The van der Waals surface area contributed by atoms with Gasteiger partial charge in [0.15, 0.2) is 0 Å². The van der Waals surface area contributed by atoms with Crippen LogP contribution >= 0.6 is 11.6 Å². The summed E-state index contributed by atoms with van der Waals surface area (Å²) in [6, 6.07) is 1.93. The van der Waals surface area contributed by atoms with Gasteiger partial charge in [-0.1, -0.05) is 0 Å². The largest absolute Gasteiger partial charge is 0.310 e. The quantitative estimate of drug-likeness (QED) is 0.540. The monoisotopic (exact) mass is 141 g/mol. The maximum atomic E-state index is 8.36. The van der Waals surface area contributed by atoms with Gasteiger partial charge < -0.3 is 4.57 Å². The predicted octanol–water partition coefficient (Wildman–Crippen LogP) is 0.945. The lowest BCUT2D eigenvalue weighted by Gasteiger charge is -1.89. The molecule has 0 radical (unpaired) electrons. The van der Waals surface area contributed by atoms with Gasteiger partial charge in [-0.05, 0) is 11.6 Å². The zero-order chi connectivity index (χ0) is 6.85. The molecule has 0 aromatic carbocycles. The Morgan fingerprint density at radius 3 is 2.78 bits per heavy atom. The number of hydrogen-bond donors (Lipinski definition) is 0. The average Bonchev–Trinajstić information content (AvgIpc) is 2.15. The molecule has 1 aromatic heterocycles. The summed E-state index contributed by atoms with van der Waals surface area (Å²) in [6.07, 6.45) is 1.43. The molecule has 0 spiro atoms. The average molecular weight is 142 g/mol. The molecule has 0 N–H and O–H groups in total. The van der Waals surface area contributed by atoms with Crippen LogP contribution in [-0.2, 0) is 7.05 Å². The van der Waals surface area contributed by atoms with Crippen molar-refractivity contribution in [2.75, 3.05) is 0 Å².